The van der Waals surface area contributed by atoms with Gasteiger partial charge < -0.3 is 19.1 Å². The van der Waals surface area contributed by atoms with E-state index in [2.05, 4.69) is 225 Å². The summed E-state index contributed by atoms with van der Waals surface area (Å²) in [5, 5.41) is 2.22. The minimum absolute atomic E-state index is 0. The standard InChI is InChI=1S/C58H59N4O.Pt/c1-55(2,3)39-24-26-46(49(34-39)58(10,11)12)38-28-29-59-54(30-38)62-50-21-14-13-20-47(50)48-27-25-45(36-53(48)62)63-44-19-17-18-42(35-44)60-37-61(52-23-16-15-22-51(52)60)43-32-40(56(4,5)6)31-41(33-43)57(7,8)9;/h13-34,37H,1-12H3;/q-3;. The molecule has 5 nitrogen and oxygen atoms in total. The van der Waals surface area contributed by atoms with Crippen LogP contribution in [0.5, 0.6) is 11.5 Å². The number of hydrogen-bond donors (Lipinski definition) is 0. The molecule has 0 fully saturated rings. The molecule has 0 aliphatic carbocycles. The Hall–Kier alpha value is -5.64. The molecule has 0 saturated carbocycles. The summed E-state index contributed by atoms with van der Waals surface area (Å²) in [4.78, 5) is 9.49. The first-order chi connectivity index (χ1) is 29.7. The third kappa shape index (κ3) is 8.52. The Kier molecular flexibility index (Phi) is 11.5. The average Bonchev–Trinajstić information content (AvgIpc) is 3.78. The van der Waals surface area contributed by atoms with Gasteiger partial charge in [0, 0.05) is 61.3 Å². The van der Waals surface area contributed by atoms with Crippen molar-refractivity contribution in [2.75, 3.05) is 9.80 Å². The van der Waals surface area contributed by atoms with Gasteiger partial charge in [-0.15, -0.1) is 48.1 Å². The van der Waals surface area contributed by atoms with E-state index in [1.807, 2.05) is 24.4 Å². The van der Waals surface area contributed by atoms with Gasteiger partial charge in [-0.2, -0.15) is 12.1 Å². The van der Waals surface area contributed by atoms with Gasteiger partial charge in [0.15, 0.2) is 0 Å². The number of nitrogens with zero attached hydrogens (tertiary/aromatic N) is 4. The number of para-hydroxylation sites is 3. The topological polar surface area (TPSA) is 33.5 Å². The molecule has 0 atom stereocenters. The Balaban J connectivity index is 0.00000560. The monoisotopic (exact) mass is 1020 g/mol. The fraction of sp³-hybridized carbons (Fsp3) is 0.276. The van der Waals surface area contributed by atoms with Crippen molar-refractivity contribution in [2.45, 2.75) is 105 Å². The Morgan fingerprint density at radius 1 is 0.531 bits per heavy atom. The van der Waals surface area contributed by atoms with E-state index in [1.165, 1.54) is 27.8 Å². The van der Waals surface area contributed by atoms with Crippen molar-refractivity contribution in [3.05, 3.63) is 175 Å². The minimum Gasteiger partial charge on any atom is -0.509 e. The molecule has 0 amide bonds. The number of fused-ring (bicyclic) bond motifs is 4. The number of rotatable bonds is 6. The SMILES string of the molecule is CC(C)(C)c1cc(N2[CH-]N(c3[c-]c(Oc4[c-]c5c(cc4)c4ccccc4n5-c4cc(-c5ccc(C(C)(C)C)cc5C(C)(C)C)ccn4)ccc3)c3ccccc32)cc(C(C)(C)C)c1.[Pt]. The van der Waals surface area contributed by atoms with E-state index < -0.39 is 0 Å². The molecule has 0 unspecified atom stereocenters. The Morgan fingerprint density at radius 3 is 1.84 bits per heavy atom. The molecule has 2 aromatic heterocycles. The molecule has 6 heteroatoms. The van der Waals surface area contributed by atoms with Crippen LogP contribution in [0, 0.1) is 18.8 Å². The van der Waals surface area contributed by atoms with E-state index in [0.717, 1.165) is 55.9 Å². The van der Waals surface area contributed by atoms with Crippen LogP contribution < -0.4 is 14.5 Å². The van der Waals surface area contributed by atoms with Gasteiger partial charge in [-0.3, -0.25) is 0 Å². The van der Waals surface area contributed by atoms with E-state index in [1.54, 1.807) is 0 Å². The quantitative estimate of drug-likeness (QED) is 0.155. The summed E-state index contributed by atoms with van der Waals surface area (Å²) in [5.74, 6) is 2.04. The van der Waals surface area contributed by atoms with Crippen LogP contribution in [0.1, 0.15) is 105 Å². The Morgan fingerprint density at radius 2 is 1.17 bits per heavy atom. The van der Waals surface area contributed by atoms with Crippen molar-refractivity contribution in [3.8, 4) is 28.4 Å². The molecule has 0 bridgehead atoms. The number of pyridine rings is 1. The maximum Gasteiger partial charge on any atom is 0.136 e. The molecule has 0 N–H and O–H groups in total. The summed E-state index contributed by atoms with van der Waals surface area (Å²) in [6.45, 7) is 29.6. The second-order valence-corrected chi connectivity index (χ2v) is 21.2. The van der Waals surface area contributed by atoms with E-state index in [9.17, 15) is 0 Å². The van der Waals surface area contributed by atoms with Gasteiger partial charge in [-0.25, -0.2) is 4.98 Å². The van der Waals surface area contributed by atoms with Gasteiger partial charge in [-0.05, 0) is 103 Å². The zero-order valence-corrected chi connectivity index (χ0v) is 41.6. The molecule has 64 heavy (non-hydrogen) atoms. The van der Waals surface area contributed by atoms with Gasteiger partial charge in [0.25, 0.3) is 0 Å². The molecular formula is C58H59N4OPt-3. The molecule has 0 spiro atoms. The Bertz CT molecular complexity index is 2990. The van der Waals surface area contributed by atoms with E-state index in [0.29, 0.717) is 11.5 Å². The normalized spacial score (nSPS) is 13.4. The van der Waals surface area contributed by atoms with Crippen LogP contribution in [-0.4, -0.2) is 9.55 Å². The summed E-state index contributed by atoms with van der Waals surface area (Å²) >= 11 is 0. The predicted octanol–water partition coefficient (Wildman–Crippen LogP) is 15.8. The molecule has 330 valence electrons. The first-order valence-electron chi connectivity index (χ1n) is 22.2. The first-order valence-corrected chi connectivity index (χ1v) is 22.2. The smallest absolute Gasteiger partial charge is 0.136 e. The molecule has 1 aliphatic rings. The molecule has 8 aromatic rings. The van der Waals surface area contributed by atoms with Gasteiger partial charge in [0.1, 0.15) is 5.82 Å². The molecule has 0 saturated heterocycles. The van der Waals surface area contributed by atoms with Gasteiger partial charge in [0.2, 0.25) is 0 Å². The van der Waals surface area contributed by atoms with E-state index in [-0.39, 0.29) is 42.7 Å². The summed E-state index contributed by atoms with van der Waals surface area (Å²) in [6.07, 6.45) is 1.93. The summed E-state index contributed by atoms with van der Waals surface area (Å²) < 4.78 is 8.88. The van der Waals surface area contributed by atoms with Crippen molar-refractivity contribution in [2.24, 2.45) is 0 Å². The van der Waals surface area contributed by atoms with Crippen molar-refractivity contribution < 1.29 is 25.8 Å². The van der Waals surface area contributed by atoms with Gasteiger partial charge >= 0.3 is 0 Å². The molecular weight excluding hydrogens is 964 g/mol. The third-order valence-corrected chi connectivity index (χ3v) is 12.3. The van der Waals surface area contributed by atoms with Crippen LogP contribution in [0.25, 0.3) is 38.8 Å². The van der Waals surface area contributed by atoms with E-state index >= 15 is 0 Å². The van der Waals surface area contributed by atoms with Crippen molar-refractivity contribution in [1.82, 2.24) is 9.55 Å². The molecule has 1 aliphatic heterocycles. The number of anilines is 4. The fourth-order valence-corrected chi connectivity index (χ4v) is 8.64. The number of hydrogen-bond acceptors (Lipinski definition) is 4. The van der Waals surface area contributed by atoms with Crippen molar-refractivity contribution >= 4 is 44.6 Å². The minimum atomic E-state index is -0.0506. The second-order valence-electron chi connectivity index (χ2n) is 21.2. The van der Waals surface area contributed by atoms with Crippen molar-refractivity contribution in [3.63, 3.8) is 0 Å². The molecule has 9 rings (SSSR count). The average molecular weight is 1020 g/mol. The molecule has 0 radical (unpaired) electrons. The summed E-state index contributed by atoms with van der Waals surface area (Å²) in [7, 11) is 0. The van der Waals surface area contributed by atoms with Crippen LogP contribution >= 0.6 is 0 Å². The third-order valence-electron chi connectivity index (χ3n) is 12.3. The van der Waals surface area contributed by atoms with Gasteiger partial charge in [0.05, 0.1) is 0 Å². The number of aromatic nitrogens is 2. The zero-order chi connectivity index (χ0) is 44.6. The molecule has 3 heterocycles. The Labute approximate surface area is 395 Å². The summed E-state index contributed by atoms with van der Waals surface area (Å²) in [6, 6.07) is 52.9. The van der Waals surface area contributed by atoms with Crippen LogP contribution in [-0.2, 0) is 42.7 Å². The number of ether oxygens (including phenoxy) is 1. The van der Waals surface area contributed by atoms with Crippen LogP contribution in [0.3, 0.4) is 0 Å². The fourth-order valence-electron chi connectivity index (χ4n) is 8.64. The van der Waals surface area contributed by atoms with E-state index in [4.69, 9.17) is 9.72 Å². The van der Waals surface area contributed by atoms with Crippen molar-refractivity contribution in [1.29, 1.82) is 0 Å². The summed E-state index contributed by atoms with van der Waals surface area (Å²) in [5.41, 5.74) is 13.8. The maximum atomic E-state index is 6.67. The second kappa shape index (κ2) is 16.4. The number of benzene rings is 6. The van der Waals surface area contributed by atoms with Gasteiger partial charge in [-0.1, -0.05) is 143 Å². The van der Waals surface area contributed by atoms with Crippen LogP contribution in [0.2, 0.25) is 0 Å². The zero-order valence-electron chi connectivity index (χ0n) is 39.3. The maximum absolute atomic E-state index is 6.67. The first kappa shape index (κ1) is 44.9. The predicted molar refractivity (Wildman–Crippen MR) is 264 cm³/mol. The van der Waals surface area contributed by atoms with Crippen LogP contribution in [0.15, 0.2) is 134 Å². The van der Waals surface area contributed by atoms with Crippen LogP contribution in [0.4, 0.5) is 22.7 Å². The molecule has 6 aromatic carbocycles. The largest absolute Gasteiger partial charge is 0.509 e.